The van der Waals surface area contributed by atoms with Crippen LogP contribution in [0.25, 0.3) is 0 Å². The highest BCUT2D eigenvalue weighted by molar-refractivity contribution is 5.91. The van der Waals surface area contributed by atoms with Crippen LogP contribution in [0.3, 0.4) is 0 Å². The zero-order valence-corrected chi connectivity index (χ0v) is 15.2. The Kier molecular flexibility index (Phi) is 4.69. The molecule has 1 aromatic carbocycles. The predicted octanol–water partition coefficient (Wildman–Crippen LogP) is 3.04. The number of carbonyl (C=O) groups excluding carboxylic acids is 1. The van der Waals surface area contributed by atoms with E-state index in [0.29, 0.717) is 12.3 Å². The van der Waals surface area contributed by atoms with Crippen molar-refractivity contribution >= 4 is 5.91 Å². The smallest absolute Gasteiger partial charge is 0.273 e. The van der Waals surface area contributed by atoms with Crippen molar-refractivity contribution in [3.8, 4) is 5.75 Å². The highest BCUT2D eigenvalue weighted by atomic mass is 16.3. The number of aromatic amines is 1. The molecule has 0 aliphatic carbocycles. The van der Waals surface area contributed by atoms with Gasteiger partial charge in [0, 0.05) is 6.54 Å². The van der Waals surface area contributed by atoms with Gasteiger partial charge >= 0.3 is 0 Å². The molecule has 0 radical (unpaired) electrons. The first-order valence-electron chi connectivity index (χ1n) is 8.01. The Hall–Kier alpha value is -2.37. The standard InChI is InChI=1S/C18H26N4O2/c1-17(2,3)12-7-11(8-13(15(12)23)18(4,5)6)9-19-16(24)14-10-20-22-21-14/h7-8,10,23H,9H2,1-6H3,(H,19,24)(H,20,21,22). The van der Waals surface area contributed by atoms with Gasteiger partial charge in [-0.2, -0.15) is 15.4 Å². The fraction of sp³-hybridized carbons (Fsp3) is 0.500. The molecule has 6 nitrogen and oxygen atoms in total. The molecular formula is C18H26N4O2. The Morgan fingerprint density at radius 1 is 1.12 bits per heavy atom. The fourth-order valence-corrected chi connectivity index (χ4v) is 2.52. The fourth-order valence-electron chi connectivity index (χ4n) is 2.52. The zero-order chi connectivity index (χ0) is 18.1. The second kappa shape index (κ2) is 6.26. The number of carbonyl (C=O) groups is 1. The highest BCUT2D eigenvalue weighted by Crippen LogP contribution is 2.39. The van der Waals surface area contributed by atoms with E-state index in [1.54, 1.807) is 0 Å². The van der Waals surface area contributed by atoms with Gasteiger partial charge in [-0.1, -0.05) is 41.5 Å². The van der Waals surface area contributed by atoms with E-state index in [-0.39, 0.29) is 22.4 Å². The largest absolute Gasteiger partial charge is 0.507 e. The maximum atomic E-state index is 12.0. The number of H-pyrrole nitrogens is 1. The minimum Gasteiger partial charge on any atom is -0.507 e. The lowest BCUT2D eigenvalue weighted by atomic mass is 9.78. The Balaban J connectivity index is 2.34. The van der Waals surface area contributed by atoms with Crippen molar-refractivity contribution in [1.29, 1.82) is 0 Å². The Morgan fingerprint density at radius 2 is 1.67 bits per heavy atom. The van der Waals surface area contributed by atoms with Crippen LogP contribution in [-0.4, -0.2) is 26.4 Å². The first-order chi connectivity index (χ1) is 11.0. The van der Waals surface area contributed by atoms with Crippen molar-refractivity contribution in [3.05, 3.63) is 40.7 Å². The molecule has 0 saturated heterocycles. The molecule has 0 fully saturated rings. The topological polar surface area (TPSA) is 90.9 Å². The highest BCUT2D eigenvalue weighted by Gasteiger charge is 2.26. The number of hydrogen-bond acceptors (Lipinski definition) is 4. The van der Waals surface area contributed by atoms with Gasteiger partial charge in [-0.3, -0.25) is 4.79 Å². The van der Waals surface area contributed by atoms with E-state index >= 15 is 0 Å². The molecule has 3 N–H and O–H groups in total. The third kappa shape index (κ3) is 3.93. The number of nitrogens with zero attached hydrogens (tertiary/aromatic N) is 2. The summed E-state index contributed by atoms with van der Waals surface area (Å²) in [6.07, 6.45) is 1.38. The van der Waals surface area contributed by atoms with E-state index in [0.717, 1.165) is 16.7 Å². The van der Waals surface area contributed by atoms with E-state index < -0.39 is 0 Å². The molecule has 1 aromatic heterocycles. The molecule has 24 heavy (non-hydrogen) atoms. The van der Waals surface area contributed by atoms with Crippen LogP contribution in [-0.2, 0) is 17.4 Å². The van der Waals surface area contributed by atoms with Gasteiger partial charge in [-0.15, -0.1) is 0 Å². The summed E-state index contributed by atoms with van der Waals surface area (Å²) in [5, 5.41) is 23.4. The molecule has 0 bridgehead atoms. The SMILES string of the molecule is CC(C)(C)c1cc(CNC(=O)c2cn[nH]n2)cc(C(C)(C)C)c1O. The monoisotopic (exact) mass is 330 g/mol. The number of aromatic nitrogens is 3. The summed E-state index contributed by atoms with van der Waals surface area (Å²) < 4.78 is 0. The second-order valence-corrected chi connectivity index (χ2v) is 8.08. The lowest BCUT2D eigenvalue weighted by molar-refractivity contribution is 0.0946. The maximum absolute atomic E-state index is 12.0. The van der Waals surface area contributed by atoms with E-state index in [4.69, 9.17) is 0 Å². The van der Waals surface area contributed by atoms with Gasteiger partial charge in [0.15, 0.2) is 5.69 Å². The molecule has 2 aromatic rings. The van der Waals surface area contributed by atoms with Crippen molar-refractivity contribution in [2.75, 3.05) is 0 Å². The molecule has 1 amide bonds. The number of amides is 1. The second-order valence-electron chi connectivity index (χ2n) is 8.08. The molecule has 6 heteroatoms. The van der Waals surface area contributed by atoms with Gasteiger partial charge in [0.1, 0.15) is 5.75 Å². The number of benzene rings is 1. The van der Waals surface area contributed by atoms with Crippen LogP contribution < -0.4 is 5.32 Å². The molecule has 0 aliphatic heterocycles. The average Bonchev–Trinajstić information content (AvgIpc) is 2.97. The molecule has 0 saturated carbocycles. The Labute approximate surface area is 142 Å². The molecule has 0 unspecified atom stereocenters. The summed E-state index contributed by atoms with van der Waals surface area (Å²) in [4.78, 5) is 12.0. The molecular weight excluding hydrogens is 304 g/mol. The first-order valence-corrected chi connectivity index (χ1v) is 8.01. The third-order valence-corrected chi connectivity index (χ3v) is 3.89. The summed E-state index contributed by atoms with van der Waals surface area (Å²) in [7, 11) is 0. The molecule has 0 aliphatic rings. The van der Waals surface area contributed by atoms with Gasteiger partial charge < -0.3 is 10.4 Å². The predicted molar refractivity (Wildman–Crippen MR) is 93.1 cm³/mol. The molecule has 1 heterocycles. The quantitative estimate of drug-likeness (QED) is 0.807. The zero-order valence-electron chi connectivity index (χ0n) is 15.2. The van der Waals surface area contributed by atoms with E-state index in [1.165, 1.54) is 6.20 Å². The number of rotatable bonds is 3. The molecule has 0 spiro atoms. The number of phenolic OH excluding ortho intramolecular Hbond substituents is 1. The van der Waals surface area contributed by atoms with Gasteiger partial charge in [-0.25, -0.2) is 0 Å². The minimum atomic E-state index is -0.286. The van der Waals surface area contributed by atoms with Crippen molar-refractivity contribution in [2.45, 2.75) is 58.9 Å². The number of phenols is 1. The number of aromatic hydroxyl groups is 1. The number of hydrogen-bond donors (Lipinski definition) is 3. The Morgan fingerprint density at radius 3 is 2.08 bits per heavy atom. The normalized spacial score (nSPS) is 12.2. The summed E-state index contributed by atoms with van der Waals surface area (Å²) in [5.74, 6) is 0.0491. The minimum absolute atomic E-state index is 0.198. The van der Waals surface area contributed by atoms with E-state index in [9.17, 15) is 9.90 Å². The van der Waals surface area contributed by atoms with Crippen LogP contribution in [0.1, 0.15) is 68.7 Å². The van der Waals surface area contributed by atoms with Crippen LogP contribution in [0.2, 0.25) is 0 Å². The van der Waals surface area contributed by atoms with Crippen molar-refractivity contribution < 1.29 is 9.90 Å². The van der Waals surface area contributed by atoms with Crippen LogP contribution >= 0.6 is 0 Å². The summed E-state index contributed by atoms with van der Waals surface area (Å²) >= 11 is 0. The number of nitrogens with one attached hydrogen (secondary N) is 2. The summed E-state index contributed by atoms with van der Waals surface area (Å²) in [6, 6.07) is 3.90. The lowest BCUT2D eigenvalue weighted by Gasteiger charge is -2.28. The van der Waals surface area contributed by atoms with E-state index in [1.807, 2.05) is 12.1 Å². The van der Waals surface area contributed by atoms with Crippen LogP contribution in [0, 0.1) is 0 Å². The summed E-state index contributed by atoms with van der Waals surface area (Å²) in [6.45, 7) is 12.7. The molecule has 0 atom stereocenters. The van der Waals surface area contributed by atoms with Gasteiger partial charge in [0.05, 0.1) is 6.20 Å². The first kappa shape index (κ1) is 18.0. The van der Waals surface area contributed by atoms with Gasteiger partial charge in [0.25, 0.3) is 5.91 Å². The van der Waals surface area contributed by atoms with Gasteiger partial charge in [-0.05, 0) is 39.7 Å². The van der Waals surface area contributed by atoms with Crippen molar-refractivity contribution in [2.24, 2.45) is 0 Å². The van der Waals surface area contributed by atoms with Crippen molar-refractivity contribution in [3.63, 3.8) is 0 Å². The molecule has 2 rings (SSSR count). The lowest BCUT2D eigenvalue weighted by Crippen LogP contribution is -2.24. The molecule has 130 valence electrons. The van der Waals surface area contributed by atoms with Crippen LogP contribution in [0.5, 0.6) is 5.75 Å². The van der Waals surface area contributed by atoms with Crippen molar-refractivity contribution in [1.82, 2.24) is 20.7 Å². The summed E-state index contributed by atoms with van der Waals surface area (Å²) in [5.41, 5.74) is 2.55. The van der Waals surface area contributed by atoms with E-state index in [2.05, 4.69) is 62.3 Å². The maximum Gasteiger partial charge on any atom is 0.273 e. The van der Waals surface area contributed by atoms with Gasteiger partial charge in [0.2, 0.25) is 0 Å². The van der Waals surface area contributed by atoms with Crippen LogP contribution in [0.4, 0.5) is 0 Å². The third-order valence-electron chi connectivity index (χ3n) is 3.89. The van der Waals surface area contributed by atoms with Crippen LogP contribution in [0.15, 0.2) is 18.3 Å². The average molecular weight is 330 g/mol. The Bertz CT molecular complexity index is 687.